The quantitative estimate of drug-likeness (QED) is 0.605. The first kappa shape index (κ1) is 9.17. The molecule has 1 aliphatic heterocycles. The van der Waals surface area contributed by atoms with Crippen LogP contribution in [0.15, 0.2) is 17.1 Å². The predicted octanol–water partition coefficient (Wildman–Crippen LogP) is -0.928. The van der Waals surface area contributed by atoms with Crippen LogP contribution in [0.2, 0.25) is 0 Å². The Labute approximate surface area is 80.5 Å². The number of ether oxygens (including phenoxy) is 1. The monoisotopic (exact) mass is 196 g/mol. The summed E-state index contributed by atoms with van der Waals surface area (Å²) in [6.45, 7) is 0.474. The summed E-state index contributed by atoms with van der Waals surface area (Å²) in [6, 6.07) is 1.55. The van der Waals surface area contributed by atoms with Crippen LogP contribution < -0.4 is 17.2 Å². The standard InChI is InChI=1S/C8H12N4O2/c9-5-3-7(14-4-5)12-2-1-6(10)11-8(12)13/h1-2,5,7H,3-4,9H2,(H2,10,11,13)/t5?,7-/m0/s1. The Kier molecular flexibility index (Phi) is 2.22. The van der Waals surface area contributed by atoms with Crippen molar-refractivity contribution >= 4 is 5.82 Å². The smallest absolute Gasteiger partial charge is 0.351 e. The molecule has 76 valence electrons. The van der Waals surface area contributed by atoms with Crippen molar-refractivity contribution in [3.05, 3.63) is 22.7 Å². The van der Waals surface area contributed by atoms with E-state index in [4.69, 9.17) is 16.2 Å². The van der Waals surface area contributed by atoms with E-state index in [2.05, 4.69) is 4.98 Å². The van der Waals surface area contributed by atoms with Crippen molar-refractivity contribution in [1.29, 1.82) is 0 Å². The lowest BCUT2D eigenvalue weighted by atomic mass is 10.2. The molecule has 1 saturated heterocycles. The molecule has 0 aromatic carbocycles. The van der Waals surface area contributed by atoms with Gasteiger partial charge in [0.2, 0.25) is 0 Å². The molecule has 2 rings (SSSR count). The van der Waals surface area contributed by atoms with Gasteiger partial charge in [0.1, 0.15) is 12.0 Å². The van der Waals surface area contributed by atoms with Crippen LogP contribution in [0.5, 0.6) is 0 Å². The molecule has 0 radical (unpaired) electrons. The molecule has 1 unspecified atom stereocenters. The molecule has 0 spiro atoms. The molecule has 4 N–H and O–H groups in total. The molecule has 0 bridgehead atoms. The summed E-state index contributed by atoms with van der Waals surface area (Å²) in [6.07, 6.45) is 1.91. The molecule has 6 heteroatoms. The van der Waals surface area contributed by atoms with Gasteiger partial charge in [-0.2, -0.15) is 4.98 Å². The fourth-order valence-corrected chi connectivity index (χ4v) is 1.47. The lowest BCUT2D eigenvalue weighted by Gasteiger charge is -2.11. The second-order valence-corrected chi connectivity index (χ2v) is 3.33. The fourth-order valence-electron chi connectivity index (χ4n) is 1.47. The molecule has 1 aromatic rings. The number of hydrogen-bond acceptors (Lipinski definition) is 5. The summed E-state index contributed by atoms with van der Waals surface area (Å²) < 4.78 is 6.74. The molecule has 0 aliphatic carbocycles. The van der Waals surface area contributed by atoms with Gasteiger partial charge in [-0.15, -0.1) is 0 Å². The van der Waals surface area contributed by atoms with E-state index in [0.717, 1.165) is 0 Å². The third-order valence-electron chi connectivity index (χ3n) is 2.17. The van der Waals surface area contributed by atoms with E-state index < -0.39 is 5.69 Å². The highest BCUT2D eigenvalue weighted by Gasteiger charge is 2.24. The van der Waals surface area contributed by atoms with E-state index in [1.807, 2.05) is 0 Å². The van der Waals surface area contributed by atoms with Gasteiger partial charge in [0.05, 0.1) is 6.61 Å². The minimum atomic E-state index is -0.399. The second kappa shape index (κ2) is 3.39. The molecule has 14 heavy (non-hydrogen) atoms. The van der Waals surface area contributed by atoms with Gasteiger partial charge in [0.25, 0.3) is 0 Å². The molecular weight excluding hydrogens is 184 g/mol. The van der Waals surface area contributed by atoms with Crippen molar-refractivity contribution in [3.63, 3.8) is 0 Å². The summed E-state index contributed by atoms with van der Waals surface area (Å²) in [5.74, 6) is 0.216. The molecular formula is C8H12N4O2. The Morgan fingerprint density at radius 2 is 2.43 bits per heavy atom. The summed E-state index contributed by atoms with van der Waals surface area (Å²) in [5, 5.41) is 0. The van der Waals surface area contributed by atoms with Crippen molar-refractivity contribution in [2.24, 2.45) is 5.73 Å². The first-order valence-electron chi connectivity index (χ1n) is 4.38. The van der Waals surface area contributed by atoms with Gasteiger partial charge < -0.3 is 16.2 Å². The average Bonchev–Trinajstić information content (AvgIpc) is 2.51. The van der Waals surface area contributed by atoms with Gasteiger partial charge in [-0.3, -0.25) is 4.57 Å². The highest BCUT2D eigenvalue weighted by Crippen LogP contribution is 2.20. The zero-order valence-corrected chi connectivity index (χ0v) is 7.59. The highest BCUT2D eigenvalue weighted by molar-refractivity contribution is 5.23. The van der Waals surface area contributed by atoms with Crippen LogP contribution in [0.4, 0.5) is 5.82 Å². The van der Waals surface area contributed by atoms with Gasteiger partial charge in [-0.1, -0.05) is 0 Å². The minimum Gasteiger partial charge on any atom is -0.383 e. The number of hydrogen-bond donors (Lipinski definition) is 2. The fraction of sp³-hybridized carbons (Fsp3) is 0.500. The lowest BCUT2D eigenvalue weighted by Crippen LogP contribution is -2.27. The zero-order chi connectivity index (χ0) is 10.1. The molecule has 2 heterocycles. The number of rotatable bonds is 1. The first-order chi connectivity index (χ1) is 6.66. The van der Waals surface area contributed by atoms with Gasteiger partial charge in [0.15, 0.2) is 0 Å². The molecule has 1 fully saturated rings. The zero-order valence-electron chi connectivity index (χ0n) is 7.59. The van der Waals surface area contributed by atoms with E-state index in [1.165, 1.54) is 4.57 Å². The second-order valence-electron chi connectivity index (χ2n) is 3.33. The Bertz CT molecular complexity index is 389. The van der Waals surface area contributed by atoms with Crippen LogP contribution in [0.25, 0.3) is 0 Å². The number of nitrogens with two attached hydrogens (primary N) is 2. The topological polar surface area (TPSA) is 96.2 Å². The Balaban J connectivity index is 2.29. The first-order valence-corrected chi connectivity index (χ1v) is 4.38. The van der Waals surface area contributed by atoms with E-state index in [9.17, 15) is 4.79 Å². The van der Waals surface area contributed by atoms with Crippen LogP contribution in [-0.4, -0.2) is 22.2 Å². The van der Waals surface area contributed by atoms with Gasteiger partial charge >= 0.3 is 5.69 Å². The van der Waals surface area contributed by atoms with Gasteiger partial charge in [-0.05, 0) is 6.07 Å². The normalized spacial score (nSPS) is 26.6. The van der Waals surface area contributed by atoms with Crippen molar-refractivity contribution in [2.45, 2.75) is 18.7 Å². The third-order valence-corrected chi connectivity index (χ3v) is 2.17. The van der Waals surface area contributed by atoms with Crippen LogP contribution in [0, 0.1) is 0 Å². The molecule has 0 saturated carbocycles. The molecule has 1 aromatic heterocycles. The number of nitrogens with zero attached hydrogens (tertiary/aromatic N) is 2. The third kappa shape index (κ3) is 1.61. The van der Waals surface area contributed by atoms with Crippen molar-refractivity contribution in [3.8, 4) is 0 Å². The maximum atomic E-state index is 11.4. The van der Waals surface area contributed by atoms with Crippen LogP contribution in [0.1, 0.15) is 12.6 Å². The van der Waals surface area contributed by atoms with E-state index >= 15 is 0 Å². The highest BCUT2D eigenvalue weighted by atomic mass is 16.5. The number of aromatic nitrogens is 2. The SMILES string of the molecule is Nc1ccn([C@@H]2CC(N)CO2)c(=O)n1. The lowest BCUT2D eigenvalue weighted by molar-refractivity contribution is 0.0521. The summed E-state index contributed by atoms with van der Waals surface area (Å²) in [7, 11) is 0. The van der Waals surface area contributed by atoms with Crippen molar-refractivity contribution in [2.75, 3.05) is 12.3 Å². The van der Waals surface area contributed by atoms with Crippen molar-refractivity contribution in [1.82, 2.24) is 9.55 Å². The average molecular weight is 196 g/mol. The predicted molar refractivity (Wildman–Crippen MR) is 50.5 cm³/mol. The Hall–Kier alpha value is -1.40. The Morgan fingerprint density at radius 1 is 1.64 bits per heavy atom. The van der Waals surface area contributed by atoms with E-state index in [-0.39, 0.29) is 18.1 Å². The van der Waals surface area contributed by atoms with Gasteiger partial charge in [-0.25, -0.2) is 4.79 Å². The Morgan fingerprint density at radius 3 is 3.00 bits per heavy atom. The molecule has 6 nitrogen and oxygen atoms in total. The van der Waals surface area contributed by atoms with Crippen molar-refractivity contribution < 1.29 is 4.74 Å². The van der Waals surface area contributed by atoms with E-state index in [0.29, 0.717) is 13.0 Å². The maximum absolute atomic E-state index is 11.4. The summed E-state index contributed by atoms with van der Waals surface area (Å²) >= 11 is 0. The molecule has 1 aliphatic rings. The molecule has 0 amide bonds. The van der Waals surface area contributed by atoms with Gasteiger partial charge in [0, 0.05) is 18.7 Å². The summed E-state index contributed by atoms with van der Waals surface area (Å²) in [5.41, 5.74) is 10.6. The minimum absolute atomic E-state index is 0.00977. The number of nitrogen functional groups attached to an aromatic ring is 1. The molecule has 2 atom stereocenters. The van der Waals surface area contributed by atoms with Crippen LogP contribution in [0.3, 0.4) is 0 Å². The summed E-state index contributed by atoms with van der Waals surface area (Å²) in [4.78, 5) is 15.0. The van der Waals surface area contributed by atoms with E-state index in [1.54, 1.807) is 12.3 Å². The number of anilines is 1. The van der Waals surface area contributed by atoms with Crippen LogP contribution in [-0.2, 0) is 4.74 Å². The van der Waals surface area contributed by atoms with Crippen LogP contribution >= 0.6 is 0 Å². The maximum Gasteiger partial charge on any atom is 0.351 e. The largest absolute Gasteiger partial charge is 0.383 e.